The molecule has 0 bridgehead atoms. The lowest BCUT2D eigenvalue weighted by Gasteiger charge is -2.34. The lowest BCUT2D eigenvalue weighted by molar-refractivity contribution is -0.139. The minimum Gasteiger partial charge on any atom is -0.497 e. The maximum atomic E-state index is 12.6. The highest BCUT2D eigenvalue weighted by molar-refractivity contribution is 7.89. The Labute approximate surface area is 901 Å². The van der Waals surface area contributed by atoms with Gasteiger partial charge in [-0.1, -0.05) is 320 Å². The van der Waals surface area contributed by atoms with Crippen LogP contribution in [0.2, 0.25) is 0 Å². The van der Waals surface area contributed by atoms with E-state index in [0.29, 0.717) is 97.8 Å². The second kappa shape index (κ2) is 84.2. The molecule has 2 aliphatic heterocycles. The fraction of sp³-hybridized carbons (Fsp3) is 0.699. The normalized spacial score (nSPS) is 14.1. The molecule has 2 aromatic heterocycles. The van der Waals surface area contributed by atoms with E-state index in [1.165, 1.54) is 129 Å². The molecule has 1 unspecified atom stereocenters. The van der Waals surface area contributed by atoms with Crippen molar-refractivity contribution in [1.29, 1.82) is 0 Å². The Balaban J connectivity index is 0. The molecule has 3 amide bonds. The van der Waals surface area contributed by atoms with Crippen LogP contribution in [0.3, 0.4) is 0 Å². The third-order valence-electron chi connectivity index (χ3n) is 24.0. The Kier molecular flexibility index (Phi) is 81.1. The van der Waals surface area contributed by atoms with E-state index in [9.17, 15) is 31.2 Å². The minimum atomic E-state index is -3.54. The largest absolute Gasteiger partial charge is 0.497 e. The van der Waals surface area contributed by atoms with Crippen molar-refractivity contribution in [3.05, 3.63) is 185 Å². The van der Waals surface area contributed by atoms with Crippen molar-refractivity contribution in [2.24, 2.45) is 58.7 Å². The fourth-order valence-electron chi connectivity index (χ4n) is 15.3. The molecule has 2 N–H and O–H groups in total. The van der Waals surface area contributed by atoms with Crippen LogP contribution in [-0.2, 0) is 80.9 Å². The zero-order valence-corrected chi connectivity index (χ0v) is 101. The number of aryl methyl sites for hydroxylation is 4. The standard InChI is InChI=1S/C15H25NO3S.C15H22O2.C15H22O.C14H22N2O.C13H24N2O3S.C12H26N2.C12H18.C11H22N2O2.C8H18O.C8H18/c1-5-11-16(12-10-13(2)3)20(17,18)15-8-6-14(19-4)7-9-15;1-4-13-14(10-11(2)3)17-15(16-13)12-8-6-5-7-9-12;1-5-13-8-14(7-12(3)4)10-15(9-13)11-16-6-2;1-4-10-16(11-7-12(2)3)14(17)13-5-8-15-9-6-13;1-6-8-15(9-7-10(2)3)19(16,17)13-11(4)18-12(5)14-13;1-4-6-13-8-10-14(11-9-13)7-5-12(2)3;1-4-11-5-7-12(8-6-11)9-10(2)3;1-5-7-12-9(14)10(15)13-8-6-11(2,3)4;1-4-6-9-7-5-8(2)3;1-4-5-6-7-8(2)3/h6-9,13H,5,10-12H2,1-4H3;5-9,11,13-15H,4,10H2,1-3H3;6,8-10,12H,2,5,7,11H2,1,3-4H3;5-6,8-9,12H,4,7,10-11H2,1-3H3;10H,6-9H2,1-5H3;12H,4-11H2,1-3H3;5-8,10H,4,9H2,1-3H3;5-8H2,1-4H3,(H,12,14)(H,13,15);8H,4-7H2,1-3H3;8H,4-7H2,1-3H3/t;13-,14-,15?;;;;;;;;/m.0......../s1. The first kappa shape index (κ1) is 142. The van der Waals surface area contributed by atoms with Gasteiger partial charge in [-0.05, 0) is 258 Å². The average molecular weight is 2090 g/mol. The van der Waals surface area contributed by atoms with Gasteiger partial charge in [0.25, 0.3) is 15.9 Å². The van der Waals surface area contributed by atoms with Crippen LogP contribution in [0.1, 0.15) is 392 Å². The lowest BCUT2D eigenvalue weighted by atomic mass is 9.92. The van der Waals surface area contributed by atoms with Crippen molar-refractivity contribution in [3.63, 3.8) is 0 Å². The summed E-state index contributed by atoms with van der Waals surface area (Å²) in [5, 5.41) is 5.18. The number of pyridine rings is 1. The molecule has 3 atom stereocenters. The van der Waals surface area contributed by atoms with Gasteiger partial charge in [0.2, 0.25) is 15.0 Å². The molecule has 0 saturated carbocycles. The number of carbonyl (C=O) groups excluding carboxylic acids is 3. The molecule has 0 radical (unpaired) electrons. The van der Waals surface area contributed by atoms with Gasteiger partial charge in [0.05, 0.1) is 30.5 Å². The summed E-state index contributed by atoms with van der Waals surface area (Å²) in [4.78, 5) is 50.0. The van der Waals surface area contributed by atoms with Crippen molar-refractivity contribution >= 4 is 37.8 Å². The number of sulfonamides is 2. The van der Waals surface area contributed by atoms with Crippen LogP contribution in [0.15, 0.2) is 149 Å². The second-order valence-corrected chi connectivity index (χ2v) is 47.8. The molecule has 0 spiro atoms. The molecule has 4 heterocycles. The number of oxazole rings is 1. The molecule has 24 heteroatoms. The quantitative estimate of drug-likeness (QED) is 0.0205. The summed E-state index contributed by atoms with van der Waals surface area (Å²) in [5.74, 6) is 6.67. The van der Waals surface area contributed by atoms with Crippen LogP contribution < -0.4 is 15.4 Å². The number of nitrogens with zero attached hydrogens (tertiary/aromatic N) is 7. The first-order chi connectivity index (χ1) is 69.5. The Morgan fingerprint density at radius 1 is 0.490 bits per heavy atom. The van der Waals surface area contributed by atoms with E-state index in [-0.39, 0.29) is 34.8 Å². The Morgan fingerprint density at radius 3 is 1.43 bits per heavy atom. The van der Waals surface area contributed by atoms with Crippen LogP contribution in [0, 0.1) is 72.5 Å². The number of rotatable bonds is 52. The van der Waals surface area contributed by atoms with E-state index in [1.807, 2.05) is 43.9 Å². The third kappa shape index (κ3) is 69.7. The van der Waals surface area contributed by atoms with E-state index < -0.39 is 31.9 Å². The van der Waals surface area contributed by atoms with Crippen LogP contribution in [0.4, 0.5) is 0 Å². The van der Waals surface area contributed by atoms with Gasteiger partial charge in [0.1, 0.15) is 18.1 Å². The monoisotopic (exact) mass is 2090 g/mol. The summed E-state index contributed by atoms with van der Waals surface area (Å²) in [5.41, 5.74) is 8.97. The van der Waals surface area contributed by atoms with Crippen molar-refractivity contribution in [2.45, 2.75) is 405 Å². The first-order valence-electron chi connectivity index (χ1n) is 56.7. The van der Waals surface area contributed by atoms with Crippen LogP contribution in [-0.4, -0.2) is 192 Å². The van der Waals surface area contributed by atoms with E-state index in [0.717, 1.165) is 151 Å². The van der Waals surface area contributed by atoms with Crippen molar-refractivity contribution in [2.75, 3.05) is 112 Å². The van der Waals surface area contributed by atoms with E-state index >= 15 is 0 Å². The summed E-state index contributed by atoms with van der Waals surface area (Å²) in [6.07, 6.45) is 29.4. The zero-order valence-electron chi connectivity index (χ0n) is 99.6. The summed E-state index contributed by atoms with van der Waals surface area (Å²) in [7, 11) is -5.38. The number of methoxy groups -OCH3 is 1. The van der Waals surface area contributed by atoms with Crippen molar-refractivity contribution < 1.29 is 59.3 Å². The van der Waals surface area contributed by atoms with Crippen LogP contribution in [0.5, 0.6) is 5.75 Å². The lowest BCUT2D eigenvalue weighted by Crippen LogP contribution is -2.46. The molecule has 2 fully saturated rings. The molecule has 2 saturated heterocycles. The molecule has 8 rings (SSSR count). The topological polar surface area (TPSA) is 245 Å². The van der Waals surface area contributed by atoms with E-state index in [1.54, 1.807) is 74.1 Å². The molecular weight excluding hydrogens is 1880 g/mol. The van der Waals surface area contributed by atoms with Crippen LogP contribution in [0.25, 0.3) is 0 Å². The number of nitrogens with one attached hydrogen (secondary N) is 2. The summed E-state index contributed by atoms with van der Waals surface area (Å²) < 4.78 is 86.3. The number of carbonyl (C=O) groups is 3. The number of unbranched alkanes of at least 4 members (excludes halogenated alkanes) is 2. The third-order valence-corrected chi connectivity index (χ3v) is 27.8. The number of benzene rings is 4. The highest BCUT2D eigenvalue weighted by atomic mass is 32.2. The molecule has 2 aliphatic rings. The predicted molar refractivity (Wildman–Crippen MR) is 621 cm³/mol. The second-order valence-electron chi connectivity index (χ2n) is 44.0. The molecule has 0 aliphatic carbocycles. The number of aromatic nitrogens is 2. The van der Waals surface area contributed by atoms with Gasteiger partial charge < -0.3 is 53.4 Å². The molecule has 844 valence electrons. The van der Waals surface area contributed by atoms with Gasteiger partial charge in [0, 0.05) is 122 Å². The SMILES string of the molecule is C=COCc1cc(CC)cc(CC(C)C)c1.CCCCCC(C)C.CCCN(CCC(C)C)C(=O)c1ccncc1.CCCN(CCC(C)C)S(=O)(=O)c1ccc(OC)cc1.CCCN(CCC(C)C)S(=O)(=O)c1nc(C)oc1C.CCCN1CCN(CCC(C)C)CC1.CCCNC(=O)C(=O)NCCC(C)(C)C.CCCOCCC(C)C.CC[C@@H]1OC(c2ccccc2)O[C@H]1CC(C)C.CCc1ccc(CC(C)C)cc1. The zero-order chi connectivity index (χ0) is 111. The van der Waals surface area contributed by atoms with Gasteiger partial charge in [-0.15, -0.1) is 0 Å². The Bertz CT molecular complexity index is 4450. The number of hydrogen-bond acceptors (Lipinski definition) is 17. The number of piperazine rings is 1. The van der Waals surface area contributed by atoms with Gasteiger partial charge in [-0.2, -0.15) is 8.61 Å². The highest BCUT2D eigenvalue weighted by Crippen LogP contribution is 2.36. The van der Waals surface area contributed by atoms with E-state index in [2.05, 4.69) is 285 Å². The smallest absolute Gasteiger partial charge is 0.309 e. The van der Waals surface area contributed by atoms with Crippen molar-refractivity contribution in [3.8, 4) is 5.75 Å². The molecule has 22 nitrogen and oxygen atoms in total. The number of amides is 3. The predicted octanol–water partition coefficient (Wildman–Crippen LogP) is 29.1. The molecule has 4 aromatic carbocycles. The van der Waals surface area contributed by atoms with E-state index in [4.69, 9.17) is 28.1 Å². The van der Waals surface area contributed by atoms with Gasteiger partial charge in [-0.3, -0.25) is 19.4 Å². The Hall–Kier alpha value is -7.39. The number of ether oxygens (including phenoxy) is 5. The van der Waals surface area contributed by atoms with Gasteiger partial charge >= 0.3 is 11.8 Å². The van der Waals surface area contributed by atoms with Crippen molar-refractivity contribution in [1.82, 2.24) is 43.9 Å². The van der Waals surface area contributed by atoms with Gasteiger partial charge in [0.15, 0.2) is 12.2 Å². The van der Waals surface area contributed by atoms with Gasteiger partial charge in [-0.25, -0.2) is 21.8 Å². The Morgan fingerprint density at radius 2 is 0.980 bits per heavy atom. The summed E-state index contributed by atoms with van der Waals surface area (Å²) in [6.45, 7) is 89.3. The highest BCUT2D eigenvalue weighted by Gasteiger charge is 2.36. The average Bonchev–Trinajstić information content (AvgIpc) is 1.62. The summed E-state index contributed by atoms with van der Waals surface area (Å²) in [6, 6.07) is 36.0. The molecule has 147 heavy (non-hydrogen) atoms. The first-order valence-corrected chi connectivity index (χ1v) is 59.6. The maximum Gasteiger partial charge on any atom is 0.309 e. The fourth-order valence-corrected chi connectivity index (χ4v) is 18.5. The molecular formula is C123H217N9O13S2. The van der Waals surface area contributed by atoms with Crippen LogP contribution >= 0.6 is 0 Å². The number of hydrogen-bond donors (Lipinski definition) is 2. The maximum absolute atomic E-state index is 12.6. The molecule has 6 aromatic rings. The summed E-state index contributed by atoms with van der Waals surface area (Å²) >= 11 is 0. The minimum absolute atomic E-state index is 0.0576.